The zero-order valence-electron chi connectivity index (χ0n) is 18.6. The van der Waals surface area contributed by atoms with Gasteiger partial charge in [-0.1, -0.05) is 6.07 Å². The molecule has 1 saturated carbocycles. The Balaban J connectivity index is 1.19. The number of nitrogens with one attached hydrogen (secondary N) is 1. The predicted octanol–water partition coefficient (Wildman–Crippen LogP) is 3.08. The van der Waals surface area contributed by atoms with Crippen LogP contribution < -0.4 is 19.9 Å². The summed E-state index contributed by atoms with van der Waals surface area (Å²) in [7, 11) is 1.62. The van der Waals surface area contributed by atoms with Crippen molar-refractivity contribution in [1.82, 2.24) is 24.7 Å². The van der Waals surface area contributed by atoms with E-state index in [9.17, 15) is 4.39 Å². The molecule has 2 aromatic heterocycles. The normalized spacial score (nSPS) is 24.0. The summed E-state index contributed by atoms with van der Waals surface area (Å²) in [5.74, 6) is 3.67. The molecule has 33 heavy (non-hydrogen) atoms. The first kappa shape index (κ1) is 20.2. The largest absolute Gasteiger partial charge is 0.481 e. The molecule has 1 saturated heterocycles. The number of anilines is 4. The monoisotopic (exact) mass is 450 g/mol. The molecular formula is C23H27FN8O. The van der Waals surface area contributed by atoms with E-state index in [0.717, 1.165) is 50.1 Å². The summed E-state index contributed by atoms with van der Waals surface area (Å²) >= 11 is 0. The highest BCUT2D eigenvalue weighted by Gasteiger charge is 2.43. The Morgan fingerprint density at radius 1 is 1.09 bits per heavy atom. The molecule has 2 bridgehead atoms. The van der Waals surface area contributed by atoms with Gasteiger partial charge in [0.2, 0.25) is 17.8 Å². The first-order valence-electron chi connectivity index (χ1n) is 11.5. The van der Waals surface area contributed by atoms with E-state index in [1.54, 1.807) is 25.6 Å². The van der Waals surface area contributed by atoms with E-state index in [1.165, 1.54) is 18.9 Å². The van der Waals surface area contributed by atoms with Gasteiger partial charge in [0.15, 0.2) is 0 Å². The van der Waals surface area contributed by atoms with Crippen molar-refractivity contribution in [2.45, 2.75) is 31.8 Å². The minimum Gasteiger partial charge on any atom is -0.481 e. The lowest BCUT2D eigenvalue weighted by Crippen LogP contribution is -2.48. The third-order valence-electron chi connectivity index (χ3n) is 7.06. The van der Waals surface area contributed by atoms with Crippen molar-refractivity contribution in [2.75, 3.05) is 41.9 Å². The fourth-order valence-corrected chi connectivity index (χ4v) is 5.52. The van der Waals surface area contributed by atoms with E-state index >= 15 is 0 Å². The third-order valence-corrected chi connectivity index (χ3v) is 7.06. The number of piperidine rings is 1. The Morgan fingerprint density at radius 2 is 1.94 bits per heavy atom. The molecule has 4 heterocycles. The fourth-order valence-electron chi connectivity index (χ4n) is 5.52. The number of aryl methyl sites for hydroxylation is 1. The summed E-state index contributed by atoms with van der Waals surface area (Å²) in [6.45, 7) is 3.47. The molecule has 3 aliphatic rings. The topological polar surface area (TPSA) is 84.2 Å². The molecule has 6 rings (SSSR count). The quantitative estimate of drug-likeness (QED) is 0.635. The van der Waals surface area contributed by atoms with Crippen LogP contribution >= 0.6 is 0 Å². The highest BCUT2D eigenvalue weighted by atomic mass is 19.1. The second-order valence-corrected chi connectivity index (χ2v) is 9.03. The fraction of sp³-hybridized carbons (Fsp3) is 0.478. The highest BCUT2D eigenvalue weighted by Crippen LogP contribution is 2.40. The zero-order valence-corrected chi connectivity index (χ0v) is 18.6. The SMILES string of the molecule is COc1cc(N2C[C@H]3CC[C@@H](C2)[C@H]3Nc2nc3n(n2)CCCN3c2cccc(F)c2)ncn1. The van der Waals surface area contributed by atoms with Crippen molar-refractivity contribution >= 4 is 23.4 Å². The Hall–Kier alpha value is -3.43. The first-order chi connectivity index (χ1) is 16.2. The van der Waals surface area contributed by atoms with Crippen molar-refractivity contribution in [3.63, 3.8) is 0 Å². The molecule has 10 heteroatoms. The smallest absolute Gasteiger partial charge is 0.244 e. The Morgan fingerprint density at radius 3 is 2.73 bits per heavy atom. The van der Waals surface area contributed by atoms with Gasteiger partial charge in [-0.3, -0.25) is 0 Å². The predicted molar refractivity (Wildman–Crippen MR) is 122 cm³/mol. The maximum atomic E-state index is 13.8. The molecule has 2 aliphatic heterocycles. The summed E-state index contributed by atoms with van der Waals surface area (Å²) in [5, 5.41) is 8.40. The van der Waals surface area contributed by atoms with E-state index in [-0.39, 0.29) is 5.82 Å². The first-order valence-corrected chi connectivity index (χ1v) is 11.5. The summed E-state index contributed by atoms with van der Waals surface area (Å²) < 4.78 is 21.0. The van der Waals surface area contributed by atoms with E-state index in [2.05, 4.69) is 20.2 Å². The van der Waals surface area contributed by atoms with Crippen LogP contribution in [0, 0.1) is 17.7 Å². The number of hydrogen-bond acceptors (Lipinski definition) is 8. The second kappa shape index (κ2) is 8.17. The Bertz CT molecular complexity index is 1140. The molecule has 0 amide bonds. The zero-order chi connectivity index (χ0) is 22.4. The van der Waals surface area contributed by atoms with Crippen molar-refractivity contribution in [3.8, 4) is 5.88 Å². The minimum absolute atomic E-state index is 0.243. The average molecular weight is 451 g/mol. The van der Waals surface area contributed by atoms with Gasteiger partial charge in [-0.25, -0.2) is 19.0 Å². The molecule has 2 fully saturated rings. The lowest BCUT2D eigenvalue weighted by atomic mass is 9.92. The van der Waals surface area contributed by atoms with Crippen molar-refractivity contribution < 1.29 is 9.13 Å². The number of nitrogens with zero attached hydrogens (tertiary/aromatic N) is 7. The van der Waals surface area contributed by atoms with Gasteiger partial charge in [0.05, 0.1) is 7.11 Å². The van der Waals surface area contributed by atoms with Gasteiger partial charge in [0.25, 0.3) is 0 Å². The van der Waals surface area contributed by atoms with Gasteiger partial charge >= 0.3 is 0 Å². The van der Waals surface area contributed by atoms with Gasteiger partial charge in [-0.2, -0.15) is 4.98 Å². The lowest BCUT2D eigenvalue weighted by molar-refractivity contribution is 0.372. The Kier molecular flexibility index (Phi) is 5.00. The molecule has 0 spiro atoms. The van der Waals surface area contributed by atoms with Gasteiger partial charge in [-0.15, -0.1) is 5.10 Å². The maximum Gasteiger partial charge on any atom is 0.244 e. The number of aromatic nitrogens is 5. The molecule has 3 aromatic rings. The number of fused-ring (bicyclic) bond motifs is 3. The van der Waals surface area contributed by atoms with E-state index in [4.69, 9.17) is 14.8 Å². The van der Waals surface area contributed by atoms with Crippen molar-refractivity contribution in [2.24, 2.45) is 11.8 Å². The van der Waals surface area contributed by atoms with Crippen LogP contribution in [0.15, 0.2) is 36.7 Å². The molecule has 1 N–H and O–H groups in total. The van der Waals surface area contributed by atoms with Gasteiger partial charge < -0.3 is 19.9 Å². The number of halogens is 1. The molecule has 172 valence electrons. The second-order valence-electron chi connectivity index (χ2n) is 9.03. The van der Waals surface area contributed by atoms with Crippen LogP contribution in [0.25, 0.3) is 0 Å². The molecule has 1 aromatic carbocycles. The third kappa shape index (κ3) is 3.73. The molecular weight excluding hydrogens is 423 g/mol. The lowest BCUT2D eigenvalue weighted by Gasteiger charge is -2.38. The molecule has 0 unspecified atom stereocenters. The summed E-state index contributed by atoms with van der Waals surface area (Å²) in [5.41, 5.74) is 0.809. The average Bonchev–Trinajstić information content (AvgIpc) is 3.34. The van der Waals surface area contributed by atoms with Crippen LogP contribution in [0.5, 0.6) is 5.88 Å². The number of ether oxygens (including phenoxy) is 1. The number of benzene rings is 1. The van der Waals surface area contributed by atoms with Gasteiger partial charge in [0.1, 0.15) is 18.0 Å². The number of methoxy groups -OCH3 is 1. The van der Waals surface area contributed by atoms with Crippen LogP contribution in [0.4, 0.5) is 27.8 Å². The van der Waals surface area contributed by atoms with Crippen LogP contribution in [0.3, 0.4) is 0 Å². The van der Waals surface area contributed by atoms with Gasteiger partial charge in [-0.05, 0) is 49.3 Å². The molecule has 0 radical (unpaired) electrons. The van der Waals surface area contributed by atoms with E-state index in [1.807, 2.05) is 21.7 Å². The molecule has 1 aliphatic carbocycles. The van der Waals surface area contributed by atoms with Crippen LogP contribution in [-0.4, -0.2) is 57.5 Å². The summed E-state index contributed by atoms with van der Waals surface area (Å²) in [4.78, 5) is 17.8. The standard InChI is InChI=1S/C23H27FN8O/c1-33-20-11-19(25-14-26-20)30-12-15-6-7-16(13-30)21(15)27-22-28-23-31(8-3-9-32(23)29-22)18-5-2-4-17(24)10-18/h2,4-5,10-11,14-16,21H,3,6-9,12-13H2,1H3,(H,27,29)/t15-,16+,21+. The number of rotatable bonds is 5. The van der Waals surface area contributed by atoms with Crippen LogP contribution in [0.2, 0.25) is 0 Å². The minimum atomic E-state index is -0.243. The molecule has 3 atom stereocenters. The number of hydrogen-bond donors (Lipinski definition) is 1. The van der Waals surface area contributed by atoms with Gasteiger partial charge in [0, 0.05) is 44.0 Å². The van der Waals surface area contributed by atoms with E-state index < -0.39 is 0 Å². The van der Waals surface area contributed by atoms with E-state index in [0.29, 0.717) is 29.7 Å². The summed E-state index contributed by atoms with van der Waals surface area (Å²) in [6, 6.07) is 8.90. The van der Waals surface area contributed by atoms with Crippen LogP contribution in [-0.2, 0) is 6.54 Å². The summed E-state index contributed by atoms with van der Waals surface area (Å²) in [6.07, 6.45) is 4.84. The highest BCUT2D eigenvalue weighted by molar-refractivity contribution is 5.59. The van der Waals surface area contributed by atoms with Crippen molar-refractivity contribution in [3.05, 3.63) is 42.5 Å². The van der Waals surface area contributed by atoms with Crippen LogP contribution in [0.1, 0.15) is 19.3 Å². The maximum absolute atomic E-state index is 13.8. The van der Waals surface area contributed by atoms with Crippen molar-refractivity contribution in [1.29, 1.82) is 0 Å². The Labute approximate surface area is 191 Å². The molecule has 9 nitrogen and oxygen atoms in total.